The number of ether oxygens (including phenoxy) is 1. The van der Waals surface area contributed by atoms with Crippen molar-refractivity contribution in [3.8, 4) is 0 Å². The molecule has 1 amide bonds. The Morgan fingerprint density at radius 2 is 1.74 bits per heavy atom. The van der Waals surface area contributed by atoms with Crippen LogP contribution in [0.3, 0.4) is 0 Å². The van der Waals surface area contributed by atoms with E-state index in [1.54, 1.807) is 4.90 Å². The minimum absolute atomic E-state index is 0.0169. The third kappa shape index (κ3) is 6.19. The molecule has 0 saturated carbocycles. The first kappa shape index (κ1) is 25.6. The molecule has 1 aromatic carbocycles. The quantitative estimate of drug-likeness (QED) is 0.423. The molecule has 1 atom stereocenters. The summed E-state index contributed by atoms with van der Waals surface area (Å²) in [4.78, 5) is 27.1. The largest absolute Gasteiger partial charge is 0.460 e. The van der Waals surface area contributed by atoms with Gasteiger partial charge in [0.15, 0.2) is 8.32 Å². The Morgan fingerprint density at radius 1 is 1.13 bits per heavy atom. The Hall–Kier alpha value is -1.66. The Balaban J connectivity index is 2.17. The zero-order chi connectivity index (χ0) is 23.8. The van der Waals surface area contributed by atoms with Crippen LogP contribution in [0.1, 0.15) is 64.7 Å². The maximum Gasteiger partial charge on any atom is 0.311 e. The summed E-state index contributed by atoms with van der Waals surface area (Å²) in [5, 5.41) is 0.180. The first-order valence-corrected chi connectivity index (χ1v) is 14.2. The van der Waals surface area contributed by atoms with Gasteiger partial charge in [-0.3, -0.25) is 9.59 Å². The number of nitrogens with zero attached hydrogens (tertiary/aromatic N) is 1. The fourth-order valence-corrected chi connectivity index (χ4v) is 4.71. The minimum atomic E-state index is -1.79. The van der Waals surface area contributed by atoms with E-state index in [4.69, 9.17) is 9.16 Å². The first-order valence-electron chi connectivity index (χ1n) is 11.3. The van der Waals surface area contributed by atoms with Crippen LogP contribution in [0, 0.1) is 19.8 Å². The van der Waals surface area contributed by atoms with E-state index < -0.39 is 19.8 Å². The second-order valence-corrected chi connectivity index (χ2v) is 16.1. The Labute approximate surface area is 189 Å². The van der Waals surface area contributed by atoms with E-state index in [9.17, 15) is 9.59 Å². The molecule has 6 heteroatoms. The van der Waals surface area contributed by atoms with Gasteiger partial charge in [0, 0.05) is 25.3 Å². The van der Waals surface area contributed by atoms with Crippen LogP contribution in [0.25, 0.3) is 0 Å². The van der Waals surface area contributed by atoms with Crippen LogP contribution >= 0.6 is 0 Å². The van der Waals surface area contributed by atoms with Gasteiger partial charge in [0.05, 0.1) is 5.92 Å². The molecule has 5 nitrogen and oxygen atoms in total. The van der Waals surface area contributed by atoms with Gasteiger partial charge in [0.25, 0.3) is 0 Å². The van der Waals surface area contributed by atoms with Crippen LogP contribution in [0.4, 0.5) is 5.69 Å². The van der Waals surface area contributed by atoms with Crippen molar-refractivity contribution in [2.45, 2.75) is 92.0 Å². The van der Waals surface area contributed by atoms with Gasteiger partial charge in [-0.2, -0.15) is 0 Å². The molecule has 1 aliphatic heterocycles. The molecule has 0 N–H and O–H groups in total. The molecule has 1 aliphatic rings. The van der Waals surface area contributed by atoms with Crippen LogP contribution < -0.4 is 4.90 Å². The highest BCUT2D eigenvalue weighted by atomic mass is 28.4. The van der Waals surface area contributed by atoms with Gasteiger partial charge < -0.3 is 14.1 Å². The molecule has 0 radical (unpaired) electrons. The lowest BCUT2D eigenvalue weighted by molar-refractivity contribution is -0.159. The molecular formula is C25H41NO4Si. The highest BCUT2D eigenvalue weighted by Crippen LogP contribution is 2.37. The van der Waals surface area contributed by atoms with Crippen molar-refractivity contribution >= 4 is 25.9 Å². The molecule has 0 spiro atoms. The lowest BCUT2D eigenvalue weighted by Gasteiger charge is -2.36. The van der Waals surface area contributed by atoms with Crippen LogP contribution in [0.15, 0.2) is 12.1 Å². The fourth-order valence-electron chi connectivity index (χ4n) is 3.66. The summed E-state index contributed by atoms with van der Waals surface area (Å²) in [7, 11) is -1.79. The third-order valence-electron chi connectivity index (χ3n) is 6.52. The second kappa shape index (κ2) is 9.06. The van der Waals surface area contributed by atoms with Crippen molar-refractivity contribution in [1.82, 2.24) is 0 Å². The molecule has 31 heavy (non-hydrogen) atoms. The summed E-state index contributed by atoms with van der Waals surface area (Å²) in [6, 6.07) is 4.20. The zero-order valence-corrected chi connectivity index (χ0v) is 22.1. The molecule has 1 heterocycles. The van der Waals surface area contributed by atoms with E-state index in [1.807, 2.05) is 27.7 Å². The van der Waals surface area contributed by atoms with Crippen LogP contribution in [-0.2, 0) is 25.2 Å². The first-order chi connectivity index (χ1) is 14.0. The van der Waals surface area contributed by atoms with Crippen molar-refractivity contribution in [2.75, 3.05) is 18.1 Å². The average molecular weight is 448 g/mol. The third-order valence-corrected chi connectivity index (χ3v) is 11.1. The van der Waals surface area contributed by atoms with E-state index in [2.05, 4.69) is 52.9 Å². The van der Waals surface area contributed by atoms with Gasteiger partial charge in [-0.05, 0) is 75.9 Å². The Bertz CT molecular complexity index is 833. The normalized spacial score (nSPS) is 17.9. The molecule has 1 saturated heterocycles. The number of anilines is 1. The number of amides is 1. The highest BCUT2D eigenvalue weighted by Gasteiger charge is 2.39. The fraction of sp³-hybridized carbons (Fsp3) is 0.680. The number of hydrogen-bond donors (Lipinski definition) is 0. The number of carbonyl (C=O) groups excluding carboxylic acids is 2. The average Bonchev–Trinajstić information content (AvgIpc) is 2.96. The molecule has 2 rings (SSSR count). The van der Waals surface area contributed by atoms with Crippen molar-refractivity contribution in [3.63, 3.8) is 0 Å². The summed E-state index contributed by atoms with van der Waals surface area (Å²) in [6.07, 6.45) is 1.01. The van der Waals surface area contributed by atoms with Gasteiger partial charge in [0.2, 0.25) is 5.91 Å². The predicted molar refractivity (Wildman–Crippen MR) is 129 cm³/mol. The van der Waals surface area contributed by atoms with Gasteiger partial charge in [-0.15, -0.1) is 0 Å². The molecule has 1 aromatic rings. The van der Waals surface area contributed by atoms with Crippen LogP contribution in [-0.4, -0.2) is 38.9 Å². The topological polar surface area (TPSA) is 55.8 Å². The Morgan fingerprint density at radius 3 is 2.29 bits per heavy atom. The van der Waals surface area contributed by atoms with E-state index in [1.165, 1.54) is 5.56 Å². The van der Waals surface area contributed by atoms with Crippen LogP contribution in [0.2, 0.25) is 18.1 Å². The van der Waals surface area contributed by atoms with E-state index >= 15 is 0 Å². The van der Waals surface area contributed by atoms with E-state index in [0.29, 0.717) is 13.2 Å². The zero-order valence-electron chi connectivity index (χ0n) is 21.1. The molecule has 0 bridgehead atoms. The molecule has 0 aliphatic carbocycles. The predicted octanol–water partition coefficient (Wildman–Crippen LogP) is 5.56. The number of benzene rings is 1. The molecule has 1 unspecified atom stereocenters. The SMILES string of the molecule is Cc1ccc(CCO[Si](C)(C)C(C)(C)C)c(C)c1N1CC(C(=O)OC(C)(C)C)CC1=O. The maximum atomic E-state index is 12.8. The number of esters is 1. The highest BCUT2D eigenvalue weighted by molar-refractivity contribution is 6.74. The van der Waals surface area contributed by atoms with E-state index in [-0.39, 0.29) is 23.3 Å². The summed E-state index contributed by atoms with van der Waals surface area (Å²) in [5.74, 6) is -0.731. The van der Waals surface area contributed by atoms with Gasteiger partial charge in [0.1, 0.15) is 5.60 Å². The molecule has 1 fully saturated rings. The molecule has 174 valence electrons. The number of rotatable bonds is 6. The van der Waals surface area contributed by atoms with Gasteiger partial charge in [-0.1, -0.05) is 32.9 Å². The van der Waals surface area contributed by atoms with Crippen molar-refractivity contribution in [2.24, 2.45) is 5.92 Å². The lowest BCUT2D eigenvalue weighted by Crippen LogP contribution is -2.41. The number of carbonyl (C=O) groups is 2. The van der Waals surface area contributed by atoms with Gasteiger partial charge >= 0.3 is 5.97 Å². The summed E-state index contributed by atoms with van der Waals surface area (Å²) in [6.45, 7) is 21.9. The lowest BCUT2D eigenvalue weighted by atomic mass is 9.99. The standard InChI is InChI=1S/C25H41NO4Si/c1-17-11-12-19(13-14-29-31(9,10)25(6,7)8)18(2)22(17)26-16-20(15-21(26)27)23(28)30-24(3,4)5/h11-12,20H,13-16H2,1-10H3. The molecule has 0 aromatic heterocycles. The maximum absolute atomic E-state index is 12.8. The Kier molecular flexibility index (Phi) is 7.48. The summed E-state index contributed by atoms with van der Waals surface area (Å²) >= 11 is 0. The van der Waals surface area contributed by atoms with E-state index in [0.717, 1.165) is 23.2 Å². The van der Waals surface area contributed by atoms with Crippen molar-refractivity contribution < 1.29 is 18.8 Å². The smallest absolute Gasteiger partial charge is 0.311 e. The van der Waals surface area contributed by atoms with Crippen molar-refractivity contribution in [3.05, 3.63) is 28.8 Å². The monoisotopic (exact) mass is 447 g/mol. The number of aryl methyl sites for hydroxylation is 1. The van der Waals surface area contributed by atoms with Crippen molar-refractivity contribution in [1.29, 1.82) is 0 Å². The van der Waals surface area contributed by atoms with Gasteiger partial charge in [-0.25, -0.2) is 0 Å². The second-order valence-electron chi connectivity index (χ2n) is 11.3. The number of hydrogen-bond acceptors (Lipinski definition) is 4. The summed E-state index contributed by atoms with van der Waals surface area (Å²) < 4.78 is 11.9. The summed E-state index contributed by atoms with van der Waals surface area (Å²) in [5.41, 5.74) is 3.71. The minimum Gasteiger partial charge on any atom is -0.460 e. The molecular weight excluding hydrogens is 406 g/mol. The van der Waals surface area contributed by atoms with Crippen LogP contribution in [0.5, 0.6) is 0 Å².